The van der Waals surface area contributed by atoms with Crippen molar-refractivity contribution in [3.63, 3.8) is 0 Å². The van der Waals surface area contributed by atoms with Gasteiger partial charge < -0.3 is 5.32 Å². The molecule has 0 aliphatic rings. The number of amides is 1. The fourth-order valence-electron chi connectivity index (χ4n) is 1.67. The Morgan fingerprint density at radius 1 is 0.900 bits per heavy atom. The predicted octanol–water partition coefficient (Wildman–Crippen LogP) is 2.66. The summed E-state index contributed by atoms with van der Waals surface area (Å²) < 4.78 is 0. The normalized spacial score (nSPS) is 10.0. The Hall–Kier alpha value is -2.07. The van der Waals surface area contributed by atoms with E-state index in [2.05, 4.69) is 5.32 Å². The van der Waals surface area contributed by atoms with E-state index < -0.39 is 0 Å². The Morgan fingerprint density at radius 3 is 2.15 bits per heavy atom. The van der Waals surface area contributed by atoms with Crippen molar-refractivity contribution in [3.8, 4) is 0 Å². The van der Waals surface area contributed by atoms with Crippen molar-refractivity contribution < 1.29 is 9.59 Å². The summed E-state index contributed by atoms with van der Waals surface area (Å²) in [4.78, 5) is 24.3. The molecule has 0 unspecified atom stereocenters. The lowest BCUT2D eigenvalue weighted by atomic mass is 10.1. The van der Waals surface area contributed by atoms with Crippen molar-refractivity contribution in [3.05, 3.63) is 66.2 Å². The minimum Gasteiger partial charge on any atom is -0.348 e. The standard InChI is InChI=1S/C16H15NO2S/c18-15(11-13-7-3-1-4-8-13)17-12-16(19)20-14-9-5-2-6-10-14/h1-10H,11-12H2,(H,17,18). The summed E-state index contributed by atoms with van der Waals surface area (Å²) in [7, 11) is 0. The summed E-state index contributed by atoms with van der Waals surface area (Å²) in [6.07, 6.45) is 0.296. The van der Waals surface area contributed by atoms with Gasteiger partial charge in [0.25, 0.3) is 0 Å². The molecule has 1 N–H and O–H groups in total. The van der Waals surface area contributed by atoms with Crippen LogP contribution in [0.5, 0.6) is 0 Å². The molecule has 0 radical (unpaired) electrons. The molecule has 20 heavy (non-hydrogen) atoms. The van der Waals surface area contributed by atoms with Gasteiger partial charge in [-0.1, -0.05) is 60.3 Å². The summed E-state index contributed by atoms with van der Waals surface area (Å²) in [6, 6.07) is 18.9. The van der Waals surface area contributed by atoms with Gasteiger partial charge in [0.05, 0.1) is 13.0 Å². The lowest BCUT2D eigenvalue weighted by molar-refractivity contribution is -0.122. The molecule has 2 aromatic rings. The topological polar surface area (TPSA) is 46.2 Å². The number of hydrogen-bond donors (Lipinski definition) is 1. The van der Waals surface area contributed by atoms with Crippen LogP contribution in [-0.4, -0.2) is 17.6 Å². The number of thioether (sulfide) groups is 1. The van der Waals surface area contributed by atoms with Crippen molar-refractivity contribution in [2.45, 2.75) is 11.3 Å². The fraction of sp³-hybridized carbons (Fsp3) is 0.125. The van der Waals surface area contributed by atoms with Crippen LogP contribution in [0.1, 0.15) is 5.56 Å². The predicted molar refractivity (Wildman–Crippen MR) is 80.5 cm³/mol. The molecule has 0 aromatic heterocycles. The van der Waals surface area contributed by atoms with Gasteiger partial charge in [-0.05, 0) is 17.7 Å². The number of nitrogens with one attached hydrogen (secondary N) is 1. The third kappa shape index (κ3) is 4.90. The van der Waals surface area contributed by atoms with Crippen LogP contribution in [0.2, 0.25) is 0 Å². The average Bonchev–Trinajstić information content (AvgIpc) is 2.47. The molecule has 0 saturated heterocycles. The highest BCUT2D eigenvalue weighted by molar-refractivity contribution is 8.13. The molecule has 0 aliphatic heterocycles. The van der Waals surface area contributed by atoms with Crippen LogP contribution in [-0.2, 0) is 16.0 Å². The first-order valence-electron chi connectivity index (χ1n) is 6.30. The first-order valence-corrected chi connectivity index (χ1v) is 7.12. The van der Waals surface area contributed by atoms with Crippen LogP contribution in [0.25, 0.3) is 0 Å². The maximum Gasteiger partial charge on any atom is 0.224 e. The molecule has 0 heterocycles. The van der Waals surface area contributed by atoms with E-state index >= 15 is 0 Å². The van der Waals surface area contributed by atoms with E-state index in [0.717, 1.165) is 22.2 Å². The van der Waals surface area contributed by atoms with E-state index in [9.17, 15) is 9.59 Å². The van der Waals surface area contributed by atoms with Gasteiger partial charge in [-0.25, -0.2) is 0 Å². The first-order chi connectivity index (χ1) is 9.74. The van der Waals surface area contributed by atoms with Crippen LogP contribution < -0.4 is 5.32 Å². The number of carbonyl (C=O) groups excluding carboxylic acids is 2. The van der Waals surface area contributed by atoms with E-state index in [1.807, 2.05) is 60.7 Å². The number of benzene rings is 2. The zero-order valence-electron chi connectivity index (χ0n) is 10.9. The van der Waals surface area contributed by atoms with Gasteiger partial charge in [0, 0.05) is 4.90 Å². The molecule has 0 saturated carbocycles. The van der Waals surface area contributed by atoms with E-state index in [1.54, 1.807) is 0 Å². The highest BCUT2D eigenvalue weighted by atomic mass is 32.2. The molecular formula is C16H15NO2S. The van der Waals surface area contributed by atoms with E-state index in [0.29, 0.717) is 6.42 Å². The molecule has 0 fully saturated rings. The van der Waals surface area contributed by atoms with Gasteiger partial charge in [0.2, 0.25) is 11.0 Å². The van der Waals surface area contributed by atoms with E-state index in [1.165, 1.54) is 0 Å². The van der Waals surface area contributed by atoms with Crippen molar-refractivity contribution >= 4 is 22.8 Å². The van der Waals surface area contributed by atoms with Crippen molar-refractivity contribution in [2.75, 3.05) is 6.54 Å². The largest absolute Gasteiger partial charge is 0.348 e. The molecule has 2 rings (SSSR count). The monoisotopic (exact) mass is 285 g/mol. The summed E-state index contributed by atoms with van der Waals surface area (Å²) in [5.41, 5.74) is 0.938. The Balaban J connectivity index is 1.75. The maximum atomic E-state index is 11.7. The third-order valence-electron chi connectivity index (χ3n) is 2.61. The Labute approximate surface area is 122 Å². The average molecular weight is 285 g/mol. The maximum absolute atomic E-state index is 11.7. The Kier molecular flexibility index (Phi) is 5.38. The zero-order chi connectivity index (χ0) is 14.2. The van der Waals surface area contributed by atoms with E-state index in [-0.39, 0.29) is 17.6 Å². The smallest absolute Gasteiger partial charge is 0.224 e. The molecule has 0 atom stereocenters. The molecule has 2 aromatic carbocycles. The Bertz CT molecular complexity index is 516. The second-order valence-corrected chi connectivity index (χ2v) is 5.36. The van der Waals surface area contributed by atoms with Crippen molar-refractivity contribution in [2.24, 2.45) is 0 Å². The van der Waals surface area contributed by atoms with Crippen LogP contribution in [0.15, 0.2) is 65.6 Å². The molecule has 3 nitrogen and oxygen atoms in total. The fourth-order valence-corrected chi connectivity index (χ4v) is 2.37. The first kappa shape index (κ1) is 14.3. The summed E-state index contributed by atoms with van der Waals surface area (Å²) in [5, 5.41) is 2.57. The minimum absolute atomic E-state index is 0.0469. The van der Waals surface area contributed by atoms with Crippen LogP contribution in [0, 0.1) is 0 Å². The molecule has 4 heteroatoms. The highest BCUT2D eigenvalue weighted by Crippen LogP contribution is 2.17. The SMILES string of the molecule is O=C(Cc1ccccc1)NCC(=O)Sc1ccccc1. The lowest BCUT2D eigenvalue weighted by Gasteiger charge is -2.04. The van der Waals surface area contributed by atoms with Crippen molar-refractivity contribution in [1.82, 2.24) is 5.32 Å². The number of carbonyl (C=O) groups is 2. The van der Waals surface area contributed by atoms with Gasteiger partial charge in [0.15, 0.2) is 0 Å². The number of hydrogen-bond acceptors (Lipinski definition) is 3. The second-order valence-electron chi connectivity index (χ2n) is 4.23. The van der Waals surface area contributed by atoms with E-state index in [4.69, 9.17) is 0 Å². The van der Waals surface area contributed by atoms with Crippen molar-refractivity contribution in [1.29, 1.82) is 0 Å². The van der Waals surface area contributed by atoms with Gasteiger partial charge >= 0.3 is 0 Å². The van der Waals surface area contributed by atoms with Gasteiger partial charge in [-0.15, -0.1) is 0 Å². The molecule has 0 aliphatic carbocycles. The minimum atomic E-state index is -0.141. The van der Waals surface area contributed by atoms with Gasteiger partial charge in [0.1, 0.15) is 0 Å². The van der Waals surface area contributed by atoms with Crippen LogP contribution >= 0.6 is 11.8 Å². The van der Waals surface area contributed by atoms with Gasteiger partial charge in [-0.2, -0.15) is 0 Å². The lowest BCUT2D eigenvalue weighted by Crippen LogP contribution is -2.29. The summed E-state index contributed by atoms with van der Waals surface area (Å²) in [6.45, 7) is 0.0469. The second kappa shape index (κ2) is 7.50. The highest BCUT2D eigenvalue weighted by Gasteiger charge is 2.07. The van der Waals surface area contributed by atoms with Crippen LogP contribution in [0.4, 0.5) is 0 Å². The van der Waals surface area contributed by atoms with Gasteiger partial charge in [-0.3, -0.25) is 9.59 Å². The van der Waals surface area contributed by atoms with Crippen LogP contribution in [0.3, 0.4) is 0 Å². The summed E-state index contributed by atoms with van der Waals surface area (Å²) in [5.74, 6) is -0.141. The Morgan fingerprint density at radius 2 is 1.50 bits per heavy atom. The molecular weight excluding hydrogens is 270 g/mol. The zero-order valence-corrected chi connectivity index (χ0v) is 11.7. The third-order valence-corrected chi connectivity index (χ3v) is 3.49. The number of rotatable bonds is 5. The molecule has 102 valence electrons. The molecule has 0 bridgehead atoms. The quantitative estimate of drug-likeness (QED) is 0.859. The summed E-state index contributed by atoms with van der Waals surface area (Å²) >= 11 is 1.14. The molecule has 0 spiro atoms. The molecule has 1 amide bonds.